The lowest BCUT2D eigenvalue weighted by Crippen LogP contribution is -2.33. The fourth-order valence-corrected chi connectivity index (χ4v) is 2.33. The quantitative estimate of drug-likeness (QED) is 0.805. The number of nitrogens with two attached hydrogens (primary N) is 1. The van der Waals surface area contributed by atoms with E-state index in [1.54, 1.807) is 20.1 Å². The van der Waals surface area contributed by atoms with Gasteiger partial charge in [-0.3, -0.25) is 9.00 Å². The van der Waals surface area contributed by atoms with Crippen LogP contribution in [0.5, 0.6) is 0 Å². The molecule has 0 bridgehead atoms. The molecule has 0 saturated carbocycles. The average Bonchev–Trinajstić information content (AvgIpc) is 2.34. The summed E-state index contributed by atoms with van der Waals surface area (Å²) in [6.45, 7) is 3.70. The van der Waals surface area contributed by atoms with E-state index in [4.69, 9.17) is 5.14 Å². The predicted octanol–water partition coefficient (Wildman–Crippen LogP) is 0.139. The molecule has 0 aliphatic heterocycles. The molecule has 1 rings (SSSR count). The van der Waals surface area contributed by atoms with Crippen LogP contribution in [-0.2, 0) is 20.8 Å². The van der Waals surface area contributed by atoms with Gasteiger partial charge in [-0.15, -0.1) is 0 Å². The number of primary sulfonamides is 1. The summed E-state index contributed by atoms with van der Waals surface area (Å²) in [5.74, 6) is -0.412. The van der Waals surface area contributed by atoms with Crippen LogP contribution in [0.2, 0.25) is 0 Å². The Bertz CT molecular complexity index is 641. The van der Waals surface area contributed by atoms with Crippen molar-refractivity contribution in [1.29, 1.82) is 0 Å². The molecule has 0 fully saturated rings. The SMILES string of the molecule is Cc1ccc(S(N)(=O)=O)cc1C(=O)NCC(C)S(C)=O. The molecule has 0 aliphatic rings. The number of carbonyl (C=O) groups is 1. The molecule has 0 spiro atoms. The third kappa shape index (κ3) is 4.39. The first kappa shape index (κ1) is 16.8. The van der Waals surface area contributed by atoms with Gasteiger partial charge in [0.2, 0.25) is 10.0 Å². The number of benzene rings is 1. The number of sulfonamides is 1. The molecule has 0 aromatic heterocycles. The lowest BCUT2D eigenvalue weighted by molar-refractivity contribution is 0.0953. The zero-order valence-corrected chi connectivity index (χ0v) is 13.2. The minimum atomic E-state index is -3.85. The predicted molar refractivity (Wildman–Crippen MR) is 78.4 cm³/mol. The van der Waals surface area contributed by atoms with Crippen LogP contribution >= 0.6 is 0 Å². The van der Waals surface area contributed by atoms with Gasteiger partial charge in [0.25, 0.3) is 5.91 Å². The summed E-state index contributed by atoms with van der Waals surface area (Å²) in [5, 5.41) is 7.49. The molecule has 3 N–H and O–H groups in total. The van der Waals surface area contributed by atoms with Crippen LogP contribution in [0.1, 0.15) is 22.8 Å². The summed E-state index contributed by atoms with van der Waals surface area (Å²) in [7, 11) is -4.89. The normalized spacial score (nSPS) is 14.6. The first-order valence-electron chi connectivity index (χ1n) is 5.87. The van der Waals surface area contributed by atoms with Crippen LogP contribution in [0.15, 0.2) is 23.1 Å². The molecule has 2 atom stereocenters. The molecule has 8 heteroatoms. The molecule has 0 heterocycles. The van der Waals surface area contributed by atoms with E-state index in [1.807, 2.05) is 0 Å². The van der Waals surface area contributed by atoms with Gasteiger partial charge in [0.1, 0.15) is 0 Å². The molecule has 6 nitrogen and oxygen atoms in total. The number of hydrogen-bond acceptors (Lipinski definition) is 4. The maximum Gasteiger partial charge on any atom is 0.251 e. The Kier molecular flexibility index (Phi) is 5.43. The summed E-state index contributed by atoms with van der Waals surface area (Å²) in [5.41, 5.74) is 0.880. The minimum Gasteiger partial charge on any atom is -0.351 e. The van der Waals surface area contributed by atoms with E-state index < -0.39 is 26.7 Å². The number of rotatable bonds is 5. The fourth-order valence-electron chi connectivity index (χ4n) is 1.47. The highest BCUT2D eigenvalue weighted by molar-refractivity contribution is 7.89. The van der Waals surface area contributed by atoms with Gasteiger partial charge in [0.05, 0.1) is 4.90 Å². The molecule has 0 aliphatic carbocycles. The van der Waals surface area contributed by atoms with Gasteiger partial charge in [-0.1, -0.05) is 6.07 Å². The van der Waals surface area contributed by atoms with Crippen molar-refractivity contribution in [3.63, 3.8) is 0 Å². The standard InChI is InChI=1S/C12H18N2O4S2/c1-8-4-5-10(20(13,17)18)6-11(8)12(15)14-7-9(2)19(3)16/h4-6,9H,7H2,1-3H3,(H,14,15)(H2,13,17,18). The van der Waals surface area contributed by atoms with Crippen LogP contribution in [0.25, 0.3) is 0 Å². The lowest BCUT2D eigenvalue weighted by atomic mass is 10.1. The summed E-state index contributed by atoms with van der Waals surface area (Å²) in [6.07, 6.45) is 1.56. The van der Waals surface area contributed by atoms with Gasteiger partial charge in [0, 0.05) is 34.4 Å². The van der Waals surface area contributed by atoms with E-state index in [9.17, 15) is 17.4 Å². The van der Waals surface area contributed by atoms with Crippen LogP contribution in [0.3, 0.4) is 0 Å². The Morgan fingerprint density at radius 2 is 2.05 bits per heavy atom. The maximum absolute atomic E-state index is 12.0. The zero-order chi connectivity index (χ0) is 15.5. The van der Waals surface area contributed by atoms with E-state index in [1.165, 1.54) is 18.2 Å². The Balaban J connectivity index is 2.96. The van der Waals surface area contributed by atoms with Gasteiger partial charge < -0.3 is 5.32 Å². The summed E-state index contributed by atoms with van der Waals surface area (Å²) in [6, 6.07) is 4.12. The van der Waals surface area contributed by atoms with E-state index in [0.717, 1.165) is 0 Å². The number of carbonyl (C=O) groups excluding carboxylic acids is 1. The third-order valence-electron chi connectivity index (χ3n) is 2.90. The van der Waals surface area contributed by atoms with Gasteiger partial charge in [-0.25, -0.2) is 13.6 Å². The first-order valence-corrected chi connectivity index (χ1v) is 9.03. The molecular weight excluding hydrogens is 300 g/mol. The molecule has 1 amide bonds. The highest BCUT2D eigenvalue weighted by Crippen LogP contribution is 2.14. The lowest BCUT2D eigenvalue weighted by Gasteiger charge is -2.12. The molecule has 1 aromatic carbocycles. The molecule has 20 heavy (non-hydrogen) atoms. The van der Waals surface area contributed by atoms with E-state index in [2.05, 4.69) is 5.32 Å². The maximum atomic E-state index is 12.0. The first-order chi connectivity index (χ1) is 9.12. The topological polar surface area (TPSA) is 106 Å². The van der Waals surface area contributed by atoms with Crippen molar-refractivity contribution in [2.24, 2.45) is 5.14 Å². The van der Waals surface area contributed by atoms with E-state index in [0.29, 0.717) is 5.56 Å². The summed E-state index contributed by atoms with van der Waals surface area (Å²) >= 11 is 0. The Morgan fingerprint density at radius 1 is 1.45 bits per heavy atom. The van der Waals surface area contributed by atoms with Crippen molar-refractivity contribution >= 4 is 26.7 Å². The Labute approximate surface area is 121 Å². The molecule has 0 radical (unpaired) electrons. The van der Waals surface area contributed by atoms with Crippen LogP contribution < -0.4 is 10.5 Å². The van der Waals surface area contributed by atoms with Crippen LogP contribution in [0, 0.1) is 6.92 Å². The minimum absolute atomic E-state index is 0.111. The number of aryl methyl sites for hydroxylation is 1. The van der Waals surface area contributed by atoms with Gasteiger partial charge in [0.15, 0.2) is 0 Å². The number of amides is 1. The van der Waals surface area contributed by atoms with Crippen molar-refractivity contribution < 1.29 is 17.4 Å². The number of nitrogens with one attached hydrogen (secondary N) is 1. The molecule has 112 valence electrons. The van der Waals surface area contributed by atoms with Gasteiger partial charge in [-0.05, 0) is 31.5 Å². The van der Waals surface area contributed by atoms with Gasteiger partial charge in [-0.2, -0.15) is 0 Å². The molecule has 1 aromatic rings. The van der Waals surface area contributed by atoms with Gasteiger partial charge >= 0.3 is 0 Å². The molecular formula is C12H18N2O4S2. The summed E-state index contributed by atoms with van der Waals surface area (Å²) < 4.78 is 33.8. The largest absolute Gasteiger partial charge is 0.351 e. The zero-order valence-electron chi connectivity index (χ0n) is 11.5. The van der Waals surface area contributed by atoms with Crippen LogP contribution in [0.4, 0.5) is 0 Å². The number of hydrogen-bond donors (Lipinski definition) is 2. The smallest absolute Gasteiger partial charge is 0.251 e. The van der Waals surface area contributed by atoms with E-state index >= 15 is 0 Å². The monoisotopic (exact) mass is 318 g/mol. The molecule has 0 saturated heterocycles. The van der Waals surface area contributed by atoms with E-state index in [-0.39, 0.29) is 22.3 Å². The van der Waals surface area contributed by atoms with Crippen LogP contribution in [-0.4, -0.2) is 36.6 Å². The average molecular weight is 318 g/mol. The second kappa shape index (κ2) is 6.47. The fraction of sp³-hybridized carbons (Fsp3) is 0.417. The Morgan fingerprint density at radius 3 is 2.55 bits per heavy atom. The van der Waals surface area contributed by atoms with Crippen molar-refractivity contribution in [1.82, 2.24) is 5.32 Å². The highest BCUT2D eigenvalue weighted by Gasteiger charge is 2.15. The highest BCUT2D eigenvalue weighted by atomic mass is 32.2. The van der Waals surface area contributed by atoms with Crippen molar-refractivity contribution in [3.8, 4) is 0 Å². The van der Waals surface area contributed by atoms with Crippen molar-refractivity contribution in [2.75, 3.05) is 12.8 Å². The van der Waals surface area contributed by atoms with Crippen molar-refractivity contribution in [2.45, 2.75) is 24.0 Å². The Hall–Kier alpha value is -1.25. The van der Waals surface area contributed by atoms with Crippen molar-refractivity contribution in [3.05, 3.63) is 29.3 Å². The second-order valence-corrected chi connectivity index (χ2v) is 7.90. The third-order valence-corrected chi connectivity index (χ3v) is 5.11. The molecule has 2 unspecified atom stereocenters. The summed E-state index contributed by atoms with van der Waals surface area (Å²) in [4.78, 5) is 11.9. The second-order valence-electron chi connectivity index (χ2n) is 4.54.